The molecule has 1 N–H and O–H groups in total. The van der Waals surface area contributed by atoms with Crippen LogP contribution in [0.3, 0.4) is 0 Å². The van der Waals surface area contributed by atoms with Gasteiger partial charge in [-0.25, -0.2) is 8.42 Å². The number of sulfonamides is 1. The van der Waals surface area contributed by atoms with Crippen molar-refractivity contribution in [3.05, 3.63) is 53.3 Å². The van der Waals surface area contributed by atoms with E-state index in [2.05, 4.69) is 5.32 Å². The lowest BCUT2D eigenvalue weighted by Crippen LogP contribution is -2.32. The minimum absolute atomic E-state index is 0.0990. The van der Waals surface area contributed by atoms with E-state index in [0.29, 0.717) is 24.5 Å². The summed E-state index contributed by atoms with van der Waals surface area (Å²) in [5.41, 5.74) is 4.06. The summed E-state index contributed by atoms with van der Waals surface area (Å²) < 4.78 is 39.0. The highest BCUT2D eigenvalue weighted by atomic mass is 32.2. The van der Waals surface area contributed by atoms with Crippen LogP contribution in [0.2, 0.25) is 0 Å². The van der Waals surface area contributed by atoms with Gasteiger partial charge >= 0.3 is 0 Å². The summed E-state index contributed by atoms with van der Waals surface area (Å²) >= 11 is 0. The molecule has 3 aromatic rings. The number of nitrogens with one attached hydrogen (secondary N) is 1. The summed E-state index contributed by atoms with van der Waals surface area (Å²) in [6.45, 7) is 5.04. The third kappa shape index (κ3) is 4.77. The Morgan fingerprint density at radius 2 is 1.82 bits per heavy atom. The average molecular weight is 471 g/mol. The minimum Gasteiger partial charge on any atom is -0.495 e. The van der Waals surface area contributed by atoms with Crippen molar-refractivity contribution in [2.24, 2.45) is 0 Å². The van der Waals surface area contributed by atoms with Gasteiger partial charge in [-0.05, 0) is 56.0 Å². The van der Waals surface area contributed by atoms with Crippen LogP contribution < -0.4 is 10.1 Å². The smallest absolute Gasteiger partial charge is 0.243 e. The highest BCUT2D eigenvalue weighted by Gasteiger charge is 2.26. The molecule has 0 aliphatic carbocycles. The third-order valence-corrected chi connectivity index (χ3v) is 8.24. The molecule has 176 valence electrons. The Labute approximate surface area is 194 Å². The predicted octanol–water partition coefficient (Wildman–Crippen LogP) is 4.80. The number of anilines is 1. The van der Waals surface area contributed by atoms with Gasteiger partial charge in [-0.3, -0.25) is 4.79 Å². The van der Waals surface area contributed by atoms with E-state index in [1.807, 2.05) is 26.0 Å². The van der Waals surface area contributed by atoms with Crippen molar-refractivity contribution in [3.63, 3.8) is 0 Å². The van der Waals surface area contributed by atoms with Gasteiger partial charge in [-0.1, -0.05) is 25.0 Å². The molecule has 8 heteroatoms. The van der Waals surface area contributed by atoms with Crippen molar-refractivity contribution in [2.45, 2.75) is 50.8 Å². The first-order chi connectivity index (χ1) is 15.8. The number of hydrogen-bond donors (Lipinski definition) is 1. The summed E-state index contributed by atoms with van der Waals surface area (Å²) in [4.78, 5) is 13.0. The summed E-state index contributed by atoms with van der Waals surface area (Å²) in [5.74, 6) is 0.125. The second kappa shape index (κ2) is 9.57. The number of carbonyl (C=O) groups excluding carboxylic acids is 1. The van der Waals surface area contributed by atoms with Crippen LogP contribution in [-0.4, -0.2) is 38.8 Å². The number of amides is 1. The van der Waals surface area contributed by atoms with Crippen LogP contribution >= 0.6 is 0 Å². The molecule has 7 nitrogen and oxygen atoms in total. The summed E-state index contributed by atoms with van der Waals surface area (Å²) in [6.07, 6.45) is 5.50. The van der Waals surface area contributed by atoms with E-state index < -0.39 is 10.0 Å². The topological polar surface area (TPSA) is 88.9 Å². The number of hydrogen-bond acceptors (Lipinski definition) is 5. The van der Waals surface area contributed by atoms with Gasteiger partial charge in [0.15, 0.2) is 0 Å². The molecular weight excluding hydrogens is 440 g/mol. The molecule has 0 saturated carbocycles. The van der Waals surface area contributed by atoms with Crippen LogP contribution in [0.25, 0.3) is 11.0 Å². The van der Waals surface area contributed by atoms with E-state index in [9.17, 15) is 13.2 Å². The fourth-order valence-corrected chi connectivity index (χ4v) is 5.81. The summed E-state index contributed by atoms with van der Waals surface area (Å²) in [5, 5.41) is 3.73. The number of benzene rings is 2. The molecule has 1 aliphatic rings. The fourth-order valence-electron chi connectivity index (χ4n) is 4.27. The summed E-state index contributed by atoms with van der Waals surface area (Å²) in [6, 6.07) is 8.56. The average Bonchev–Trinajstić information content (AvgIpc) is 3.00. The van der Waals surface area contributed by atoms with Crippen LogP contribution in [-0.2, 0) is 21.2 Å². The molecule has 1 aliphatic heterocycles. The molecule has 1 aromatic heterocycles. The molecule has 0 bridgehead atoms. The van der Waals surface area contributed by atoms with E-state index in [1.165, 1.54) is 23.5 Å². The second-order valence-electron chi connectivity index (χ2n) is 8.55. The molecule has 2 aromatic carbocycles. The largest absolute Gasteiger partial charge is 0.495 e. The first-order valence-corrected chi connectivity index (χ1v) is 12.7. The monoisotopic (exact) mass is 470 g/mol. The lowest BCUT2D eigenvalue weighted by molar-refractivity contribution is -0.115. The van der Waals surface area contributed by atoms with E-state index in [-0.39, 0.29) is 17.2 Å². The van der Waals surface area contributed by atoms with E-state index >= 15 is 0 Å². The van der Waals surface area contributed by atoms with Gasteiger partial charge in [-0.2, -0.15) is 4.31 Å². The van der Waals surface area contributed by atoms with Crippen LogP contribution in [0.4, 0.5) is 5.69 Å². The molecule has 1 fully saturated rings. The Morgan fingerprint density at radius 1 is 1.09 bits per heavy atom. The number of rotatable bonds is 6. The zero-order chi connectivity index (χ0) is 23.6. The van der Waals surface area contributed by atoms with Crippen LogP contribution in [0.1, 0.15) is 42.4 Å². The fraction of sp³-hybridized carbons (Fsp3) is 0.400. The maximum absolute atomic E-state index is 13.2. The molecule has 4 rings (SSSR count). The van der Waals surface area contributed by atoms with Crippen LogP contribution in [0.5, 0.6) is 5.75 Å². The first-order valence-electron chi connectivity index (χ1n) is 11.3. The van der Waals surface area contributed by atoms with Gasteiger partial charge in [0, 0.05) is 24.0 Å². The number of fused-ring (bicyclic) bond motifs is 1. The molecule has 2 heterocycles. The Kier molecular flexibility index (Phi) is 6.76. The molecule has 1 amide bonds. The third-order valence-electron chi connectivity index (χ3n) is 6.34. The maximum atomic E-state index is 13.2. The van der Waals surface area contributed by atoms with Crippen molar-refractivity contribution in [3.8, 4) is 5.75 Å². The lowest BCUT2D eigenvalue weighted by Gasteiger charge is -2.21. The molecule has 1 saturated heterocycles. The summed E-state index contributed by atoms with van der Waals surface area (Å²) in [7, 11) is -2.16. The molecule has 0 unspecified atom stereocenters. The van der Waals surface area contributed by atoms with Gasteiger partial charge in [0.25, 0.3) is 0 Å². The Hall–Kier alpha value is -2.84. The van der Waals surface area contributed by atoms with Gasteiger partial charge in [0.2, 0.25) is 15.9 Å². The van der Waals surface area contributed by atoms with Crippen LogP contribution in [0, 0.1) is 13.8 Å². The van der Waals surface area contributed by atoms with Gasteiger partial charge in [-0.15, -0.1) is 0 Å². The number of furan rings is 1. The van der Waals surface area contributed by atoms with Crippen molar-refractivity contribution in [1.82, 2.24) is 4.31 Å². The molecule has 0 radical (unpaired) electrons. The molecular formula is C25H30N2O5S. The highest BCUT2D eigenvalue weighted by Crippen LogP contribution is 2.31. The van der Waals surface area contributed by atoms with Crippen molar-refractivity contribution >= 4 is 32.6 Å². The second-order valence-corrected chi connectivity index (χ2v) is 10.5. The number of ether oxygens (including phenoxy) is 1. The van der Waals surface area contributed by atoms with E-state index in [1.54, 1.807) is 12.3 Å². The minimum atomic E-state index is -3.64. The van der Waals surface area contributed by atoms with E-state index in [0.717, 1.165) is 53.3 Å². The molecule has 0 atom stereocenters. The molecule has 0 spiro atoms. The van der Waals surface area contributed by atoms with Crippen LogP contribution in [0.15, 0.2) is 45.9 Å². The number of nitrogens with zero attached hydrogens (tertiary/aromatic N) is 1. The van der Waals surface area contributed by atoms with Crippen molar-refractivity contribution < 1.29 is 22.4 Å². The van der Waals surface area contributed by atoms with Crippen molar-refractivity contribution in [2.75, 3.05) is 25.5 Å². The lowest BCUT2D eigenvalue weighted by atomic mass is 10.0. The van der Waals surface area contributed by atoms with Gasteiger partial charge in [0.1, 0.15) is 11.3 Å². The van der Waals surface area contributed by atoms with Gasteiger partial charge < -0.3 is 14.5 Å². The van der Waals surface area contributed by atoms with Crippen molar-refractivity contribution in [1.29, 1.82) is 0 Å². The molecule has 33 heavy (non-hydrogen) atoms. The SMILES string of the molecule is COc1ccc(S(=O)(=O)N2CCCCCC2)cc1NC(=O)Cc1coc2c(C)c(C)ccc12. The normalized spacial score (nSPS) is 15.4. The Morgan fingerprint density at radius 3 is 2.52 bits per heavy atom. The standard InChI is InChI=1S/C25H30N2O5S/c1-17-8-10-21-19(16-32-25(21)18(17)2)14-24(28)26-22-15-20(9-11-23(22)31-3)33(29,30)27-12-6-4-5-7-13-27/h8-11,15-16H,4-7,12-14H2,1-3H3,(H,26,28). The zero-order valence-electron chi connectivity index (χ0n) is 19.3. The van der Waals surface area contributed by atoms with E-state index in [4.69, 9.17) is 9.15 Å². The maximum Gasteiger partial charge on any atom is 0.243 e. The number of aryl methyl sites for hydroxylation is 2. The Bertz CT molecular complexity index is 1270. The predicted molar refractivity (Wildman–Crippen MR) is 128 cm³/mol. The Balaban J connectivity index is 1.57. The number of methoxy groups -OCH3 is 1. The highest BCUT2D eigenvalue weighted by molar-refractivity contribution is 7.89. The van der Waals surface area contributed by atoms with Gasteiger partial charge in [0.05, 0.1) is 30.4 Å². The number of carbonyl (C=O) groups is 1. The first kappa shape index (κ1) is 23.3. The zero-order valence-corrected chi connectivity index (χ0v) is 20.1. The quantitative estimate of drug-likeness (QED) is 0.559.